The zero-order valence-corrected chi connectivity index (χ0v) is 10.9. The predicted molar refractivity (Wildman–Crippen MR) is 69.0 cm³/mol. The summed E-state index contributed by atoms with van der Waals surface area (Å²) in [7, 11) is 0. The lowest BCUT2D eigenvalue weighted by molar-refractivity contribution is 0.289. The summed E-state index contributed by atoms with van der Waals surface area (Å²) < 4.78 is 5.61. The summed E-state index contributed by atoms with van der Waals surface area (Å²) in [4.78, 5) is 0. The van der Waals surface area contributed by atoms with Crippen LogP contribution in [0.25, 0.3) is 0 Å². The van der Waals surface area contributed by atoms with Crippen molar-refractivity contribution in [3.05, 3.63) is 28.8 Å². The Labute approximate surface area is 103 Å². The average molecular weight is 242 g/mol. The largest absolute Gasteiger partial charge is 0.492 e. The number of rotatable bonds is 5. The first-order valence-corrected chi connectivity index (χ1v) is 6.06. The monoisotopic (exact) mass is 241 g/mol. The topological polar surface area (TPSA) is 35.2 Å². The van der Waals surface area contributed by atoms with Crippen molar-refractivity contribution in [2.24, 2.45) is 11.7 Å². The third-order valence-corrected chi connectivity index (χ3v) is 2.73. The van der Waals surface area contributed by atoms with Gasteiger partial charge in [0, 0.05) is 6.04 Å². The molecule has 0 unspecified atom stereocenters. The summed E-state index contributed by atoms with van der Waals surface area (Å²) in [6.07, 6.45) is 1.03. The Kier molecular flexibility index (Phi) is 5.10. The molecule has 0 saturated carbocycles. The molecule has 0 saturated heterocycles. The van der Waals surface area contributed by atoms with Gasteiger partial charge in [-0.15, -0.1) is 0 Å². The van der Waals surface area contributed by atoms with Gasteiger partial charge in [0.1, 0.15) is 5.75 Å². The van der Waals surface area contributed by atoms with Gasteiger partial charge in [0.2, 0.25) is 0 Å². The molecule has 1 aromatic rings. The highest BCUT2D eigenvalue weighted by Crippen LogP contribution is 2.27. The fraction of sp³-hybridized carbons (Fsp3) is 0.538. The van der Waals surface area contributed by atoms with E-state index >= 15 is 0 Å². The molecule has 0 spiro atoms. The fourth-order valence-electron chi connectivity index (χ4n) is 1.32. The molecular formula is C13H20ClNO. The molecule has 0 fully saturated rings. The van der Waals surface area contributed by atoms with E-state index in [0.717, 1.165) is 17.7 Å². The Morgan fingerprint density at radius 3 is 2.50 bits per heavy atom. The van der Waals surface area contributed by atoms with Crippen molar-refractivity contribution in [2.75, 3.05) is 6.61 Å². The number of ether oxygens (including phenoxy) is 1. The van der Waals surface area contributed by atoms with Crippen LogP contribution < -0.4 is 10.5 Å². The second kappa shape index (κ2) is 6.12. The van der Waals surface area contributed by atoms with Crippen LogP contribution in [0.5, 0.6) is 5.75 Å². The minimum atomic E-state index is 0.00205. The molecule has 0 aromatic heterocycles. The molecule has 0 bridgehead atoms. The molecule has 90 valence electrons. The molecule has 16 heavy (non-hydrogen) atoms. The molecule has 1 rings (SSSR count). The van der Waals surface area contributed by atoms with Crippen molar-refractivity contribution in [1.82, 2.24) is 0 Å². The summed E-state index contributed by atoms with van der Waals surface area (Å²) in [6, 6.07) is 5.72. The zero-order valence-electron chi connectivity index (χ0n) is 10.2. The van der Waals surface area contributed by atoms with E-state index in [0.29, 0.717) is 17.5 Å². The van der Waals surface area contributed by atoms with Crippen LogP contribution in [0.1, 0.15) is 38.8 Å². The molecule has 0 aliphatic rings. The standard InChI is InChI=1S/C13H20ClNO/c1-9(2)6-7-16-13-5-4-11(10(3)15)8-12(13)14/h4-5,8-10H,6-7,15H2,1-3H3/t10-/m1/s1. The Morgan fingerprint density at radius 1 is 1.31 bits per heavy atom. The van der Waals surface area contributed by atoms with E-state index in [-0.39, 0.29) is 6.04 Å². The predicted octanol–water partition coefficient (Wildman–Crippen LogP) is 3.78. The van der Waals surface area contributed by atoms with Crippen molar-refractivity contribution < 1.29 is 4.74 Å². The van der Waals surface area contributed by atoms with Gasteiger partial charge in [-0.3, -0.25) is 0 Å². The van der Waals surface area contributed by atoms with Gasteiger partial charge in [0.15, 0.2) is 0 Å². The summed E-state index contributed by atoms with van der Waals surface area (Å²) in [5.41, 5.74) is 6.80. The van der Waals surface area contributed by atoms with Crippen LogP contribution in [0.4, 0.5) is 0 Å². The number of nitrogens with two attached hydrogens (primary N) is 1. The number of hydrogen-bond donors (Lipinski definition) is 1. The maximum Gasteiger partial charge on any atom is 0.137 e. The number of benzene rings is 1. The fourth-order valence-corrected chi connectivity index (χ4v) is 1.57. The average Bonchev–Trinajstić information content (AvgIpc) is 2.19. The first-order valence-electron chi connectivity index (χ1n) is 5.68. The molecule has 3 heteroatoms. The van der Waals surface area contributed by atoms with E-state index in [4.69, 9.17) is 22.1 Å². The van der Waals surface area contributed by atoms with Crippen LogP contribution in [-0.2, 0) is 0 Å². The van der Waals surface area contributed by atoms with Gasteiger partial charge < -0.3 is 10.5 Å². The van der Waals surface area contributed by atoms with Gasteiger partial charge in [-0.2, -0.15) is 0 Å². The Morgan fingerprint density at radius 2 is 2.00 bits per heavy atom. The third kappa shape index (κ3) is 4.03. The van der Waals surface area contributed by atoms with Crippen molar-refractivity contribution in [3.8, 4) is 5.75 Å². The molecule has 1 aromatic carbocycles. The molecule has 0 radical (unpaired) electrons. The van der Waals surface area contributed by atoms with Crippen LogP contribution in [-0.4, -0.2) is 6.61 Å². The lowest BCUT2D eigenvalue weighted by Crippen LogP contribution is -2.05. The molecule has 0 amide bonds. The normalized spacial score (nSPS) is 12.9. The molecule has 0 aliphatic carbocycles. The number of hydrogen-bond acceptors (Lipinski definition) is 2. The highest BCUT2D eigenvalue weighted by atomic mass is 35.5. The van der Waals surface area contributed by atoms with Crippen LogP contribution in [0.2, 0.25) is 5.02 Å². The highest BCUT2D eigenvalue weighted by molar-refractivity contribution is 6.32. The highest BCUT2D eigenvalue weighted by Gasteiger charge is 2.06. The van der Waals surface area contributed by atoms with Gasteiger partial charge in [0.05, 0.1) is 11.6 Å². The van der Waals surface area contributed by atoms with E-state index in [2.05, 4.69) is 13.8 Å². The van der Waals surface area contributed by atoms with Gasteiger partial charge in [-0.25, -0.2) is 0 Å². The molecule has 0 aliphatic heterocycles. The first-order chi connectivity index (χ1) is 7.50. The van der Waals surface area contributed by atoms with Crippen molar-refractivity contribution in [1.29, 1.82) is 0 Å². The summed E-state index contributed by atoms with van der Waals surface area (Å²) >= 11 is 6.11. The zero-order chi connectivity index (χ0) is 12.1. The minimum absolute atomic E-state index is 0.00205. The van der Waals surface area contributed by atoms with Crippen molar-refractivity contribution >= 4 is 11.6 Å². The lowest BCUT2D eigenvalue weighted by atomic mass is 10.1. The summed E-state index contributed by atoms with van der Waals surface area (Å²) in [5, 5.41) is 0.638. The molecule has 0 heterocycles. The first kappa shape index (κ1) is 13.3. The maximum atomic E-state index is 6.11. The Hall–Kier alpha value is -0.730. The maximum absolute atomic E-state index is 6.11. The third-order valence-electron chi connectivity index (χ3n) is 2.43. The summed E-state index contributed by atoms with van der Waals surface area (Å²) in [5.74, 6) is 1.38. The van der Waals surface area contributed by atoms with Gasteiger partial charge in [-0.1, -0.05) is 31.5 Å². The quantitative estimate of drug-likeness (QED) is 0.852. The van der Waals surface area contributed by atoms with Gasteiger partial charge in [0.25, 0.3) is 0 Å². The van der Waals surface area contributed by atoms with E-state index in [1.54, 1.807) is 0 Å². The second-order valence-corrected chi connectivity index (χ2v) is 4.92. The van der Waals surface area contributed by atoms with Crippen molar-refractivity contribution in [3.63, 3.8) is 0 Å². The minimum Gasteiger partial charge on any atom is -0.492 e. The van der Waals surface area contributed by atoms with Crippen molar-refractivity contribution in [2.45, 2.75) is 33.2 Å². The Bertz CT molecular complexity index is 337. The number of halogens is 1. The summed E-state index contributed by atoms with van der Waals surface area (Å²) in [6.45, 7) is 6.98. The van der Waals surface area contributed by atoms with Crippen LogP contribution in [0.15, 0.2) is 18.2 Å². The van der Waals surface area contributed by atoms with Gasteiger partial charge in [-0.05, 0) is 37.0 Å². The molecular weight excluding hydrogens is 222 g/mol. The van der Waals surface area contributed by atoms with Crippen LogP contribution >= 0.6 is 11.6 Å². The SMILES string of the molecule is CC(C)CCOc1ccc([C@@H](C)N)cc1Cl. The van der Waals surface area contributed by atoms with Crippen LogP contribution in [0, 0.1) is 5.92 Å². The molecule has 2 N–H and O–H groups in total. The lowest BCUT2D eigenvalue weighted by Gasteiger charge is -2.12. The smallest absolute Gasteiger partial charge is 0.137 e. The molecule has 1 atom stereocenters. The Balaban J connectivity index is 2.61. The van der Waals surface area contributed by atoms with Crippen LogP contribution in [0.3, 0.4) is 0 Å². The van der Waals surface area contributed by atoms with E-state index in [1.165, 1.54) is 0 Å². The van der Waals surface area contributed by atoms with E-state index in [9.17, 15) is 0 Å². The van der Waals surface area contributed by atoms with E-state index < -0.39 is 0 Å². The van der Waals surface area contributed by atoms with Gasteiger partial charge >= 0.3 is 0 Å². The van der Waals surface area contributed by atoms with E-state index in [1.807, 2.05) is 25.1 Å². The molecule has 2 nitrogen and oxygen atoms in total. The second-order valence-electron chi connectivity index (χ2n) is 4.51.